The highest BCUT2D eigenvalue weighted by Crippen LogP contribution is 2.30. The van der Waals surface area contributed by atoms with E-state index in [1.165, 1.54) is 0 Å². The van der Waals surface area contributed by atoms with Crippen LogP contribution in [0.15, 0.2) is 45.3 Å². The van der Waals surface area contributed by atoms with Gasteiger partial charge in [-0.1, -0.05) is 35.5 Å². The molecule has 140 valence electrons. The predicted octanol–water partition coefficient (Wildman–Crippen LogP) is 2.01. The van der Waals surface area contributed by atoms with Crippen molar-refractivity contribution in [1.29, 1.82) is 0 Å². The van der Waals surface area contributed by atoms with Gasteiger partial charge in [0.2, 0.25) is 11.8 Å². The number of hydrogen-bond donors (Lipinski definition) is 2. The summed E-state index contributed by atoms with van der Waals surface area (Å²) in [4.78, 5) is 12.3. The van der Waals surface area contributed by atoms with Gasteiger partial charge < -0.3 is 19.4 Å². The molecule has 27 heavy (non-hydrogen) atoms. The van der Waals surface area contributed by atoms with Gasteiger partial charge in [0.15, 0.2) is 11.5 Å². The van der Waals surface area contributed by atoms with Crippen molar-refractivity contribution >= 4 is 5.91 Å². The molecule has 0 aliphatic heterocycles. The number of aliphatic hydroxyl groups excluding tert-OH is 1. The first-order valence-electron chi connectivity index (χ1n) is 8.96. The first kappa shape index (κ1) is 17.4. The van der Waals surface area contributed by atoms with Crippen molar-refractivity contribution in [3.05, 3.63) is 53.9 Å². The molecule has 1 aliphatic carbocycles. The number of nitrogens with zero attached hydrogens (tertiary/aromatic N) is 3. The molecule has 0 radical (unpaired) electrons. The molecule has 4 rings (SSSR count). The average Bonchev–Trinajstić information content (AvgIpc) is 3.31. The van der Waals surface area contributed by atoms with Crippen LogP contribution in [0.4, 0.5) is 0 Å². The molecule has 2 heterocycles. The van der Waals surface area contributed by atoms with Crippen LogP contribution >= 0.6 is 0 Å². The van der Waals surface area contributed by atoms with E-state index in [1.54, 1.807) is 6.07 Å². The third kappa shape index (κ3) is 4.06. The summed E-state index contributed by atoms with van der Waals surface area (Å²) in [5.41, 5.74) is 1.16. The number of amides is 1. The second-order valence-corrected chi connectivity index (χ2v) is 6.72. The lowest BCUT2D eigenvalue weighted by Gasteiger charge is -2.34. The fraction of sp³-hybridized carbons (Fsp3) is 0.368. The van der Waals surface area contributed by atoms with E-state index in [0.29, 0.717) is 36.3 Å². The first-order valence-corrected chi connectivity index (χ1v) is 8.96. The molecular weight excluding hydrogens is 348 g/mol. The number of aliphatic hydroxyl groups is 1. The highest BCUT2D eigenvalue weighted by molar-refractivity contribution is 5.93. The molecule has 8 heteroatoms. The monoisotopic (exact) mass is 368 g/mol. The molecule has 1 fully saturated rings. The van der Waals surface area contributed by atoms with E-state index >= 15 is 0 Å². The van der Waals surface area contributed by atoms with E-state index in [1.807, 2.05) is 30.3 Å². The maximum atomic E-state index is 12.3. The zero-order chi connectivity index (χ0) is 18.6. The summed E-state index contributed by atoms with van der Waals surface area (Å²) in [6.45, 7) is -0.00674. The Morgan fingerprint density at radius 1 is 1.19 bits per heavy atom. The van der Waals surface area contributed by atoms with Crippen molar-refractivity contribution in [2.45, 2.75) is 31.7 Å². The molecule has 8 nitrogen and oxygen atoms in total. The molecule has 1 saturated carbocycles. The van der Waals surface area contributed by atoms with E-state index in [2.05, 4.69) is 20.7 Å². The number of rotatable bonds is 7. The van der Waals surface area contributed by atoms with Gasteiger partial charge in [0.1, 0.15) is 0 Å². The molecule has 1 aliphatic rings. The van der Waals surface area contributed by atoms with Crippen LogP contribution < -0.4 is 5.32 Å². The predicted molar refractivity (Wildman–Crippen MR) is 94.7 cm³/mol. The Labute approximate surface area is 155 Å². The third-order valence-electron chi connectivity index (χ3n) is 4.67. The van der Waals surface area contributed by atoms with Crippen molar-refractivity contribution < 1.29 is 18.8 Å². The lowest BCUT2D eigenvalue weighted by Crippen LogP contribution is -2.45. The van der Waals surface area contributed by atoms with Crippen LogP contribution in [-0.2, 0) is 12.8 Å². The van der Waals surface area contributed by atoms with Crippen LogP contribution in [0.2, 0.25) is 0 Å². The van der Waals surface area contributed by atoms with Crippen molar-refractivity contribution in [3.63, 3.8) is 0 Å². The molecule has 0 spiro atoms. The highest BCUT2D eigenvalue weighted by atomic mass is 16.5. The topological polar surface area (TPSA) is 114 Å². The number of carbonyl (C=O) groups excluding carboxylic acids is 1. The summed E-state index contributed by atoms with van der Waals surface area (Å²) in [6.07, 6.45) is 2.77. The maximum absolute atomic E-state index is 12.3. The van der Waals surface area contributed by atoms with Gasteiger partial charge in [-0.25, -0.2) is 0 Å². The zero-order valence-electron chi connectivity index (χ0n) is 14.7. The number of aromatic nitrogens is 3. The minimum Gasteiger partial charge on any atom is -0.425 e. The number of nitrogens with one attached hydrogen (secondary N) is 1. The van der Waals surface area contributed by atoms with Gasteiger partial charge >= 0.3 is 0 Å². The quantitative estimate of drug-likeness (QED) is 0.655. The molecule has 1 amide bonds. The van der Waals surface area contributed by atoms with Crippen LogP contribution in [-0.4, -0.2) is 39.0 Å². The number of carbonyl (C=O) groups is 1. The highest BCUT2D eigenvalue weighted by Gasteiger charge is 2.32. The molecule has 0 bridgehead atoms. The van der Waals surface area contributed by atoms with Gasteiger partial charge in [0, 0.05) is 30.5 Å². The molecule has 2 aromatic heterocycles. The smallest absolute Gasteiger partial charge is 0.273 e. The maximum Gasteiger partial charge on any atom is 0.273 e. The van der Waals surface area contributed by atoms with E-state index in [4.69, 9.17) is 14.0 Å². The van der Waals surface area contributed by atoms with Gasteiger partial charge in [-0.2, -0.15) is 0 Å². The fourth-order valence-electron chi connectivity index (χ4n) is 3.21. The van der Waals surface area contributed by atoms with Crippen LogP contribution in [0.5, 0.6) is 0 Å². The largest absolute Gasteiger partial charge is 0.425 e. The Hall–Kier alpha value is -3.00. The van der Waals surface area contributed by atoms with E-state index in [0.717, 1.165) is 18.4 Å². The van der Waals surface area contributed by atoms with Gasteiger partial charge in [-0.3, -0.25) is 4.79 Å². The summed E-state index contributed by atoms with van der Waals surface area (Å²) in [6, 6.07) is 11.3. The van der Waals surface area contributed by atoms with Crippen molar-refractivity contribution in [1.82, 2.24) is 20.7 Å². The van der Waals surface area contributed by atoms with Gasteiger partial charge in [0.25, 0.3) is 5.91 Å². The summed E-state index contributed by atoms with van der Waals surface area (Å²) in [5, 5.41) is 23.6. The SMILES string of the molecule is O=C(NC1CC(Cc2nnc(CCO)o2)C1)c1cc(-c2ccccc2)on1. The van der Waals surface area contributed by atoms with Crippen molar-refractivity contribution in [2.75, 3.05) is 6.61 Å². The van der Waals surface area contributed by atoms with Crippen molar-refractivity contribution in [2.24, 2.45) is 5.92 Å². The van der Waals surface area contributed by atoms with Crippen molar-refractivity contribution in [3.8, 4) is 11.3 Å². The summed E-state index contributed by atoms with van der Waals surface area (Å²) >= 11 is 0. The molecule has 2 N–H and O–H groups in total. The second kappa shape index (κ2) is 7.71. The average molecular weight is 368 g/mol. The van der Waals surface area contributed by atoms with E-state index in [-0.39, 0.29) is 24.2 Å². The summed E-state index contributed by atoms with van der Waals surface area (Å²) in [7, 11) is 0. The van der Waals surface area contributed by atoms with Gasteiger partial charge in [-0.05, 0) is 18.8 Å². The minimum atomic E-state index is -0.229. The van der Waals surface area contributed by atoms with Crippen LogP contribution in [0.25, 0.3) is 11.3 Å². The molecule has 0 atom stereocenters. The molecular formula is C19H20N4O4. The summed E-state index contributed by atoms with van der Waals surface area (Å²) in [5.74, 6) is 1.78. The zero-order valence-corrected chi connectivity index (χ0v) is 14.7. The number of benzene rings is 1. The van der Waals surface area contributed by atoms with Gasteiger partial charge in [-0.15, -0.1) is 10.2 Å². The Balaban J connectivity index is 1.26. The third-order valence-corrected chi connectivity index (χ3v) is 4.67. The summed E-state index contributed by atoms with van der Waals surface area (Å²) < 4.78 is 10.7. The van der Waals surface area contributed by atoms with Crippen LogP contribution in [0, 0.1) is 5.92 Å². The van der Waals surface area contributed by atoms with E-state index in [9.17, 15) is 4.79 Å². The van der Waals surface area contributed by atoms with Crippen LogP contribution in [0.3, 0.4) is 0 Å². The number of hydrogen-bond acceptors (Lipinski definition) is 7. The molecule has 1 aromatic carbocycles. The van der Waals surface area contributed by atoms with Gasteiger partial charge in [0.05, 0.1) is 6.61 Å². The van der Waals surface area contributed by atoms with Crippen LogP contribution in [0.1, 0.15) is 35.1 Å². The fourth-order valence-corrected chi connectivity index (χ4v) is 3.21. The molecule has 3 aromatic rings. The Bertz CT molecular complexity index is 899. The lowest BCUT2D eigenvalue weighted by atomic mass is 9.78. The Kier molecular flexibility index (Phi) is 4.97. The normalized spacial score (nSPS) is 18.9. The molecule has 0 unspecified atom stereocenters. The Morgan fingerprint density at radius 2 is 1.96 bits per heavy atom. The van der Waals surface area contributed by atoms with E-state index < -0.39 is 0 Å². The first-order chi connectivity index (χ1) is 13.2. The minimum absolute atomic E-state index is 0.00674. The standard InChI is InChI=1S/C19H20N4O4/c24-7-6-17-21-22-18(26-17)10-12-8-14(9-12)20-19(25)15-11-16(27-23-15)13-4-2-1-3-5-13/h1-5,11-12,14,24H,6-10H2,(H,20,25). The Morgan fingerprint density at radius 3 is 2.74 bits per heavy atom. The lowest BCUT2D eigenvalue weighted by molar-refractivity contribution is 0.0878. The molecule has 0 saturated heterocycles. The second-order valence-electron chi connectivity index (χ2n) is 6.72.